The highest BCUT2D eigenvalue weighted by Gasteiger charge is 2.43. The number of aliphatic hydroxyl groups is 1. The van der Waals surface area contributed by atoms with Gasteiger partial charge in [0.25, 0.3) is 0 Å². The van der Waals surface area contributed by atoms with Crippen molar-refractivity contribution >= 4 is 11.6 Å². The third kappa shape index (κ3) is 6.87. The first kappa shape index (κ1) is 20.7. The third-order valence-corrected chi connectivity index (χ3v) is 5.23. The number of ether oxygens (including phenoxy) is 1. The van der Waals surface area contributed by atoms with Gasteiger partial charge in [0.1, 0.15) is 12.6 Å². The Morgan fingerprint density at radius 1 is 1.20 bits per heavy atom. The Morgan fingerprint density at radius 2 is 1.76 bits per heavy atom. The van der Waals surface area contributed by atoms with Crippen molar-refractivity contribution in [2.45, 2.75) is 76.8 Å². The van der Waals surface area contributed by atoms with Gasteiger partial charge in [-0.1, -0.05) is 23.7 Å². The van der Waals surface area contributed by atoms with Crippen LogP contribution in [0.4, 0.5) is 0 Å². The lowest BCUT2D eigenvalue weighted by Gasteiger charge is -2.41. The Kier molecular flexibility index (Phi) is 6.91. The smallest absolute Gasteiger partial charge is 0.126 e. The van der Waals surface area contributed by atoms with Crippen LogP contribution < -0.4 is 10.6 Å². The summed E-state index contributed by atoms with van der Waals surface area (Å²) in [5.74, 6) is 0. The van der Waals surface area contributed by atoms with Crippen molar-refractivity contribution in [3.8, 4) is 0 Å². The number of hydrogen-bond acceptors (Lipinski definition) is 2. The van der Waals surface area contributed by atoms with Crippen LogP contribution in [0.5, 0.6) is 0 Å². The quantitative estimate of drug-likeness (QED) is 0.683. The van der Waals surface area contributed by atoms with Gasteiger partial charge in [0.2, 0.25) is 0 Å². The van der Waals surface area contributed by atoms with Crippen molar-refractivity contribution in [1.82, 2.24) is 0 Å². The summed E-state index contributed by atoms with van der Waals surface area (Å²) in [6.07, 6.45) is 1.82. The number of piperidine rings is 1. The third-order valence-electron chi connectivity index (χ3n) is 4.98. The predicted octanol–water partition coefficient (Wildman–Crippen LogP) is 1.62. The maximum Gasteiger partial charge on any atom is 0.126 e. The number of quaternary nitrogens is 2. The molecule has 1 aliphatic rings. The normalized spacial score (nSPS) is 22.5. The molecule has 0 bridgehead atoms. The van der Waals surface area contributed by atoms with E-state index in [1.54, 1.807) is 0 Å². The van der Waals surface area contributed by atoms with Crippen LogP contribution in [0.3, 0.4) is 0 Å². The average molecular weight is 371 g/mol. The maximum atomic E-state index is 10.3. The van der Waals surface area contributed by atoms with Crippen LogP contribution in [0.2, 0.25) is 5.02 Å². The molecular weight excluding hydrogens is 336 g/mol. The first-order chi connectivity index (χ1) is 11.6. The van der Waals surface area contributed by atoms with Crippen LogP contribution in [0, 0.1) is 0 Å². The minimum absolute atomic E-state index is 0.0472. The van der Waals surface area contributed by atoms with E-state index in [1.807, 2.05) is 31.2 Å². The van der Waals surface area contributed by atoms with Gasteiger partial charge in [-0.3, -0.25) is 0 Å². The van der Waals surface area contributed by atoms with Crippen molar-refractivity contribution in [2.75, 3.05) is 13.2 Å². The van der Waals surface area contributed by atoms with Crippen LogP contribution in [-0.2, 0) is 4.74 Å². The van der Waals surface area contributed by atoms with Crippen molar-refractivity contribution < 1.29 is 20.5 Å². The second kappa shape index (κ2) is 8.36. The van der Waals surface area contributed by atoms with E-state index in [1.165, 1.54) is 0 Å². The molecular formula is C20H35ClN2O2+2. The van der Waals surface area contributed by atoms with Crippen molar-refractivity contribution in [2.24, 2.45) is 0 Å². The van der Waals surface area contributed by atoms with Crippen molar-refractivity contribution in [1.29, 1.82) is 0 Å². The number of nitrogens with two attached hydrogens (primary N) is 2. The zero-order valence-electron chi connectivity index (χ0n) is 16.3. The fraction of sp³-hybridized carbons (Fsp3) is 0.700. The average Bonchev–Trinajstić information content (AvgIpc) is 2.48. The van der Waals surface area contributed by atoms with Gasteiger partial charge < -0.3 is 20.5 Å². The molecule has 1 aromatic rings. The summed E-state index contributed by atoms with van der Waals surface area (Å²) >= 11 is 5.91. The van der Waals surface area contributed by atoms with Crippen molar-refractivity contribution in [3.63, 3.8) is 0 Å². The minimum atomic E-state index is -0.452. The minimum Gasteiger partial charge on any atom is -0.385 e. The highest BCUT2D eigenvalue weighted by molar-refractivity contribution is 6.30. The van der Waals surface area contributed by atoms with Gasteiger partial charge >= 0.3 is 0 Å². The van der Waals surface area contributed by atoms with Crippen LogP contribution in [-0.4, -0.2) is 41.5 Å². The van der Waals surface area contributed by atoms with Gasteiger partial charge in [0.05, 0.1) is 42.7 Å². The molecule has 0 unspecified atom stereocenters. The first-order valence-corrected chi connectivity index (χ1v) is 9.70. The molecule has 2 atom stereocenters. The van der Waals surface area contributed by atoms with E-state index in [9.17, 15) is 5.11 Å². The topological polar surface area (TPSA) is 62.7 Å². The Morgan fingerprint density at radius 3 is 2.32 bits per heavy atom. The molecule has 0 radical (unpaired) electrons. The monoisotopic (exact) mass is 370 g/mol. The largest absolute Gasteiger partial charge is 0.385 e. The summed E-state index contributed by atoms with van der Waals surface area (Å²) in [6, 6.07) is 8.22. The van der Waals surface area contributed by atoms with E-state index in [0.29, 0.717) is 19.2 Å². The molecule has 5 N–H and O–H groups in total. The molecule has 5 heteroatoms. The molecule has 25 heavy (non-hydrogen) atoms. The van der Waals surface area contributed by atoms with E-state index < -0.39 is 6.10 Å². The summed E-state index contributed by atoms with van der Waals surface area (Å²) in [6.45, 7) is 12.3. The zero-order chi connectivity index (χ0) is 18.7. The first-order valence-electron chi connectivity index (χ1n) is 9.32. The van der Waals surface area contributed by atoms with Gasteiger partial charge in [-0.05, 0) is 52.3 Å². The van der Waals surface area contributed by atoms with Gasteiger partial charge in [-0.15, -0.1) is 0 Å². The number of aliphatic hydroxyl groups excluding tert-OH is 1. The van der Waals surface area contributed by atoms with E-state index in [-0.39, 0.29) is 17.2 Å². The maximum absolute atomic E-state index is 10.3. The molecule has 0 aliphatic carbocycles. The van der Waals surface area contributed by atoms with E-state index >= 15 is 0 Å². The molecule has 1 aromatic carbocycles. The lowest BCUT2D eigenvalue weighted by Crippen LogP contribution is -3.09. The second-order valence-corrected chi connectivity index (χ2v) is 9.38. The van der Waals surface area contributed by atoms with Gasteiger partial charge in [0.15, 0.2) is 0 Å². The van der Waals surface area contributed by atoms with E-state index in [4.69, 9.17) is 16.3 Å². The summed E-state index contributed by atoms with van der Waals surface area (Å²) in [4.78, 5) is 0. The van der Waals surface area contributed by atoms with E-state index in [2.05, 4.69) is 38.3 Å². The lowest BCUT2D eigenvalue weighted by atomic mass is 9.79. The molecule has 0 amide bonds. The van der Waals surface area contributed by atoms with Crippen LogP contribution in [0.15, 0.2) is 24.3 Å². The highest BCUT2D eigenvalue weighted by Crippen LogP contribution is 2.20. The fourth-order valence-corrected chi connectivity index (χ4v) is 4.39. The SMILES string of the molecule is C[C@@H](OC[C@@H](O)C[NH2+]C1CC(C)(C)[NH2+]C(C)(C)C1)c1ccc(Cl)cc1. The molecule has 2 rings (SSSR count). The van der Waals surface area contributed by atoms with Gasteiger partial charge in [0, 0.05) is 5.02 Å². The van der Waals surface area contributed by atoms with Crippen LogP contribution >= 0.6 is 11.6 Å². The summed E-state index contributed by atoms with van der Waals surface area (Å²) in [5, 5.41) is 15.8. The van der Waals surface area contributed by atoms with Crippen LogP contribution in [0.25, 0.3) is 0 Å². The van der Waals surface area contributed by atoms with Gasteiger partial charge in [-0.25, -0.2) is 0 Å². The number of hydrogen-bond donors (Lipinski definition) is 3. The van der Waals surface area contributed by atoms with E-state index in [0.717, 1.165) is 23.4 Å². The fourth-order valence-electron chi connectivity index (χ4n) is 4.27. The molecule has 1 heterocycles. The Labute approximate surface area is 157 Å². The zero-order valence-corrected chi connectivity index (χ0v) is 17.0. The Hall–Kier alpha value is -0.650. The molecule has 0 spiro atoms. The van der Waals surface area contributed by atoms with Crippen molar-refractivity contribution in [3.05, 3.63) is 34.9 Å². The van der Waals surface area contributed by atoms with Crippen LogP contribution in [0.1, 0.15) is 59.1 Å². The molecule has 0 saturated carbocycles. The molecule has 1 aliphatic heterocycles. The summed E-state index contributed by atoms with van der Waals surface area (Å²) in [5.41, 5.74) is 1.59. The molecule has 4 nitrogen and oxygen atoms in total. The molecule has 142 valence electrons. The number of rotatable bonds is 7. The molecule has 1 saturated heterocycles. The summed E-state index contributed by atoms with van der Waals surface area (Å²) in [7, 11) is 0. The summed E-state index contributed by atoms with van der Waals surface area (Å²) < 4.78 is 5.83. The predicted molar refractivity (Wildman–Crippen MR) is 102 cm³/mol. The molecule has 0 aromatic heterocycles. The van der Waals surface area contributed by atoms with Gasteiger partial charge in [-0.2, -0.15) is 0 Å². The highest BCUT2D eigenvalue weighted by atomic mass is 35.5. The Balaban J connectivity index is 1.75. The lowest BCUT2D eigenvalue weighted by molar-refractivity contribution is -0.814. The Bertz CT molecular complexity index is 529. The molecule has 1 fully saturated rings. The number of benzene rings is 1. The standard InChI is InChI=1S/C20H33ClN2O2/c1-14(15-6-8-16(21)9-7-15)25-13-18(24)12-22-17-10-19(2,3)23-20(4,5)11-17/h6-9,14,17-18,22-24H,10-13H2,1-5H3/p+2/t14-,18+/m1/s1. The second-order valence-electron chi connectivity index (χ2n) is 8.94. The number of halogens is 1.